The lowest BCUT2D eigenvalue weighted by Crippen LogP contribution is -2.36. The highest BCUT2D eigenvalue weighted by molar-refractivity contribution is 6.07. The monoisotopic (exact) mass is 417 g/mol. The summed E-state index contributed by atoms with van der Waals surface area (Å²) >= 11 is 0. The highest BCUT2D eigenvalue weighted by Gasteiger charge is 2.20. The van der Waals surface area contributed by atoms with Crippen molar-refractivity contribution in [1.82, 2.24) is 9.97 Å². The van der Waals surface area contributed by atoms with E-state index in [1.54, 1.807) is 25.4 Å². The molecule has 2 aromatic heterocycles. The molecule has 31 heavy (non-hydrogen) atoms. The van der Waals surface area contributed by atoms with Crippen LogP contribution >= 0.6 is 0 Å². The maximum Gasteiger partial charge on any atom is 0.259 e. The number of carbonyl (C=O) groups excluding carboxylic acids is 1. The molecule has 1 amide bonds. The van der Waals surface area contributed by atoms with E-state index in [9.17, 15) is 4.79 Å². The van der Waals surface area contributed by atoms with Gasteiger partial charge in [0, 0.05) is 49.6 Å². The second kappa shape index (κ2) is 9.93. The molecule has 160 valence electrons. The Labute approximate surface area is 182 Å². The van der Waals surface area contributed by atoms with E-state index in [4.69, 9.17) is 4.74 Å². The van der Waals surface area contributed by atoms with Crippen molar-refractivity contribution in [1.29, 1.82) is 0 Å². The van der Waals surface area contributed by atoms with Crippen LogP contribution in [0.4, 0.5) is 17.2 Å². The lowest BCUT2D eigenvalue weighted by atomic mass is 9.96. The number of amides is 1. The van der Waals surface area contributed by atoms with Gasteiger partial charge in [-0.2, -0.15) is 0 Å². The summed E-state index contributed by atoms with van der Waals surface area (Å²) in [6.45, 7) is 2.83. The van der Waals surface area contributed by atoms with Crippen molar-refractivity contribution in [3.8, 4) is 5.75 Å². The van der Waals surface area contributed by atoms with E-state index in [1.165, 1.54) is 5.69 Å². The minimum absolute atomic E-state index is 0.187. The molecule has 0 bridgehead atoms. The lowest BCUT2D eigenvalue weighted by molar-refractivity contribution is 0.102. The summed E-state index contributed by atoms with van der Waals surface area (Å²) in [5, 5.41) is 6.33. The summed E-state index contributed by atoms with van der Waals surface area (Å²) in [6.07, 6.45) is 7.56. The van der Waals surface area contributed by atoms with E-state index in [-0.39, 0.29) is 5.91 Å². The van der Waals surface area contributed by atoms with Crippen molar-refractivity contribution >= 4 is 23.1 Å². The van der Waals surface area contributed by atoms with Gasteiger partial charge in [-0.15, -0.1) is 0 Å². The quantitative estimate of drug-likeness (QED) is 0.603. The summed E-state index contributed by atoms with van der Waals surface area (Å²) in [5.74, 6) is 1.72. The molecule has 0 radical (unpaired) electrons. The van der Waals surface area contributed by atoms with Crippen LogP contribution in [0.25, 0.3) is 0 Å². The van der Waals surface area contributed by atoms with Crippen molar-refractivity contribution in [3.63, 3.8) is 0 Å². The SMILES string of the molecule is COc1ccc(NC(=O)c2cccnc2NCC2CCN(c3ccncc3)CC2)cc1. The zero-order valence-corrected chi connectivity index (χ0v) is 17.6. The number of anilines is 3. The van der Waals surface area contributed by atoms with Crippen LogP contribution in [-0.4, -0.2) is 42.6 Å². The third-order valence-corrected chi connectivity index (χ3v) is 5.60. The van der Waals surface area contributed by atoms with Crippen molar-refractivity contribution in [2.24, 2.45) is 5.92 Å². The zero-order valence-electron chi connectivity index (χ0n) is 17.6. The van der Waals surface area contributed by atoms with E-state index in [0.29, 0.717) is 23.0 Å². The molecule has 1 fully saturated rings. The molecule has 3 heterocycles. The molecule has 7 heteroatoms. The first-order valence-corrected chi connectivity index (χ1v) is 10.5. The molecular formula is C24H27N5O2. The van der Waals surface area contributed by atoms with Gasteiger partial charge < -0.3 is 20.3 Å². The molecule has 4 rings (SSSR count). The Balaban J connectivity index is 1.33. The number of nitrogens with one attached hydrogen (secondary N) is 2. The second-order valence-corrected chi connectivity index (χ2v) is 7.60. The van der Waals surface area contributed by atoms with Crippen LogP contribution in [0.2, 0.25) is 0 Å². The van der Waals surface area contributed by atoms with Crippen LogP contribution < -0.4 is 20.3 Å². The van der Waals surface area contributed by atoms with Gasteiger partial charge in [-0.3, -0.25) is 9.78 Å². The van der Waals surface area contributed by atoms with Crippen molar-refractivity contribution in [3.05, 3.63) is 72.7 Å². The van der Waals surface area contributed by atoms with Crippen molar-refractivity contribution in [2.45, 2.75) is 12.8 Å². The number of rotatable bonds is 7. The fourth-order valence-corrected chi connectivity index (χ4v) is 3.79. The van der Waals surface area contributed by atoms with E-state index in [1.807, 2.05) is 36.7 Å². The van der Waals surface area contributed by atoms with Crippen LogP contribution in [0.1, 0.15) is 23.2 Å². The molecule has 2 N–H and O–H groups in total. The maximum absolute atomic E-state index is 12.8. The predicted octanol–water partition coefficient (Wildman–Crippen LogP) is 4.07. The summed E-state index contributed by atoms with van der Waals surface area (Å²) in [7, 11) is 1.62. The van der Waals surface area contributed by atoms with Gasteiger partial charge in [0.15, 0.2) is 0 Å². The number of ether oxygens (including phenoxy) is 1. The van der Waals surface area contributed by atoms with E-state index in [2.05, 4.69) is 37.6 Å². The van der Waals surface area contributed by atoms with Gasteiger partial charge in [0.25, 0.3) is 5.91 Å². The summed E-state index contributed by atoms with van der Waals surface area (Å²) in [5.41, 5.74) is 2.47. The molecule has 1 aliphatic rings. The Morgan fingerprint density at radius 2 is 1.81 bits per heavy atom. The Morgan fingerprint density at radius 1 is 1.06 bits per heavy atom. The number of hydrogen-bond acceptors (Lipinski definition) is 6. The van der Waals surface area contributed by atoms with Crippen molar-refractivity contribution < 1.29 is 9.53 Å². The van der Waals surface area contributed by atoms with Crippen molar-refractivity contribution in [2.75, 3.05) is 42.3 Å². The van der Waals surface area contributed by atoms with E-state index < -0.39 is 0 Å². The summed E-state index contributed by atoms with van der Waals surface area (Å²) < 4.78 is 5.16. The number of pyridine rings is 2. The standard InChI is InChI=1S/C24H27N5O2/c1-31-21-6-4-19(5-7-21)28-24(30)22-3-2-12-26-23(22)27-17-18-10-15-29(16-11-18)20-8-13-25-14-9-20/h2-9,12-14,18H,10-11,15-17H2,1H3,(H,26,27)(H,28,30). The molecule has 1 aliphatic heterocycles. The molecule has 0 spiro atoms. The van der Waals surface area contributed by atoms with E-state index in [0.717, 1.165) is 38.2 Å². The minimum atomic E-state index is -0.187. The van der Waals surface area contributed by atoms with Gasteiger partial charge in [-0.05, 0) is 67.3 Å². The lowest BCUT2D eigenvalue weighted by Gasteiger charge is -2.33. The first-order valence-electron chi connectivity index (χ1n) is 10.5. The zero-order chi connectivity index (χ0) is 21.5. The van der Waals surface area contributed by atoms with Crippen LogP contribution in [0.3, 0.4) is 0 Å². The Hall–Kier alpha value is -3.61. The number of nitrogens with zero attached hydrogens (tertiary/aromatic N) is 3. The van der Waals surface area contributed by atoms with Gasteiger partial charge in [-0.25, -0.2) is 4.98 Å². The Morgan fingerprint density at radius 3 is 2.52 bits per heavy atom. The number of methoxy groups -OCH3 is 1. The Bertz CT molecular complexity index is 986. The van der Waals surface area contributed by atoms with Gasteiger partial charge in [0.1, 0.15) is 11.6 Å². The number of aromatic nitrogens is 2. The first kappa shape index (κ1) is 20.7. The largest absolute Gasteiger partial charge is 0.497 e. The number of benzene rings is 1. The molecule has 0 aliphatic carbocycles. The molecule has 0 saturated carbocycles. The third kappa shape index (κ3) is 5.31. The fraction of sp³-hybridized carbons (Fsp3) is 0.292. The number of hydrogen-bond donors (Lipinski definition) is 2. The second-order valence-electron chi connectivity index (χ2n) is 7.60. The minimum Gasteiger partial charge on any atom is -0.497 e. The highest BCUT2D eigenvalue weighted by Crippen LogP contribution is 2.24. The van der Waals surface area contributed by atoms with Gasteiger partial charge in [0.05, 0.1) is 12.7 Å². The molecule has 1 aromatic carbocycles. The first-order chi connectivity index (χ1) is 15.2. The van der Waals surface area contributed by atoms with E-state index >= 15 is 0 Å². The molecule has 1 saturated heterocycles. The molecule has 3 aromatic rings. The molecular weight excluding hydrogens is 390 g/mol. The van der Waals surface area contributed by atoms with Crippen LogP contribution in [-0.2, 0) is 0 Å². The normalized spacial score (nSPS) is 14.2. The van der Waals surface area contributed by atoms with Crippen LogP contribution in [0.15, 0.2) is 67.1 Å². The average molecular weight is 418 g/mol. The summed E-state index contributed by atoms with van der Waals surface area (Å²) in [6, 6.07) is 14.9. The van der Waals surface area contributed by atoms with Gasteiger partial charge in [0.2, 0.25) is 0 Å². The smallest absolute Gasteiger partial charge is 0.259 e. The molecule has 0 unspecified atom stereocenters. The highest BCUT2D eigenvalue weighted by atomic mass is 16.5. The average Bonchev–Trinajstić information content (AvgIpc) is 2.84. The topological polar surface area (TPSA) is 79.4 Å². The Kier molecular flexibility index (Phi) is 6.62. The predicted molar refractivity (Wildman–Crippen MR) is 123 cm³/mol. The van der Waals surface area contributed by atoms with Crippen LogP contribution in [0, 0.1) is 5.92 Å². The number of carbonyl (C=O) groups is 1. The van der Waals surface area contributed by atoms with Gasteiger partial charge in [-0.1, -0.05) is 0 Å². The fourth-order valence-electron chi connectivity index (χ4n) is 3.79. The third-order valence-electron chi connectivity index (χ3n) is 5.60. The summed E-state index contributed by atoms with van der Waals surface area (Å²) in [4.78, 5) is 23.7. The van der Waals surface area contributed by atoms with Crippen LogP contribution in [0.5, 0.6) is 5.75 Å². The van der Waals surface area contributed by atoms with Gasteiger partial charge >= 0.3 is 0 Å². The molecule has 7 nitrogen and oxygen atoms in total. The maximum atomic E-state index is 12.8. The molecule has 0 atom stereocenters. The number of piperidine rings is 1.